The van der Waals surface area contributed by atoms with Crippen LogP contribution in [0.4, 0.5) is 4.79 Å². The zero-order chi connectivity index (χ0) is 19.9. The van der Waals surface area contributed by atoms with Gasteiger partial charge in [-0.05, 0) is 39.2 Å². The molecule has 3 aliphatic rings. The van der Waals surface area contributed by atoms with E-state index in [-0.39, 0.29) is 31.2 Å². The van der Waals surface area contributed by atoms with E-state index in [1.54, 1.807) is 6.92 Å². The van der Waals surface area contributed by atoms with Crippen LogP contribution < -0.4 is 10.8 Å². The van der Waals surface area contributed by atoms with Gasteiger partial charge in [-0.2, -0.15) is 5.06 Å². The molecule has 3 saturated heterocycles. The van der Waals surface area contributed by atoms with Gasteiger partial charge in [0.15, 0.2) is 6.61 Å². The number of nitrogens with one attached hydrogen (secondary N) is 2. The zero-order valence-corrected chi connectivity index (χ0v) is 16.4. The van der Waals surface area contributed by atoms with E-state index in [0.29, 0.717) is 26.0 Å². The summed E-state index contributed by atoms with van der Waals surface area (Å²) in [5, 5.41) is 4.60. The molecule has 3 heterocycles. The van der Waals surface area contributed by atoms with E-state index in [0.717, 1.165) is 25.8 Å². The van der Waals surface area contributed by atoms with E-state index >= 15 is 0 Å². The highest BCUT2D eigenvalue weighted by Gasteiger charge is 2.48. The molecule has 0 radical (unpaired) electrons. The van der Waals surface area contributed by atoms with Gasteiger partial charge < -0.3 is 15.0 Å². The van der Waals surface area contributed by atoms with E-state index in [1.165, 1.54) is 16.4 Å². The van der Waals surface area contributed by atoms with Crippen molar-refractivity contribution in [3.8, 4) is 0 Å². The van der Waals surface area contributed by atoms with Gasteiger partial charge in [-0.1, -0.05) is 12.8 Å². The second kappa shape index (κ2) is 10.0. The average molecular weight is 398 g/mol. The van der Waals surface area contributed by atoms with Gasteiger partial charge in [0.2, 0.25) is 0 Å². The monoisotopic (exact) mass is 398 g/mol. The fourth-order valence-electron chi connectivity index (χ4n) is 3.92. The van der Waals surface area contributed by atoms with Gasteiger partial charge in [-0.15, -0.1) is 0 Å². The van der Waals surface area contributed by atoms with Crippen molar-refractivity contribution in [2.45, 2.75) is 63.6 Å². The van der Waals surface area contributed by atoms with Gasteiger partial charge in [-0.3, -0.25) is 14.5 Å². The standard InChI is InChI=1S/C18H30N4O6/c1-2-26-16(23)12-28-22-14-7-8-15(21(10-14)18(22)25)17(24)20-27-11-13-6-4-3-5-9-19-13/h13-15,19H,2-12H2,1H3,(H,20,24)/t13-,14+,15-/m0/s1. The molecule has 2 bridgehead atoms. The highest BCUT2D eigenvalue weighted by Crippen LogP contribution is 2.30. The first-order chi connectivity index (χ1) is 13.6. The molecule has 0 unspecified atom stereocenters. The molecule has 28 heavy (non-hydrogen) atoms. The van der Waals surface area contributed by atoms with Gasteiger partial charge in [-0.25, -0.2) is 15.1 Å². The summed E-state index contributed by atoms with van der Waals surface area (Å²) >= 11 is 0. The molecule has 3 rings (SSSR count). The van der Waals surface area contributed by atoms with Crippen molar-refractivity contribution in [2.75, 3.05) is 32.9 Å². The Morgan fingerprint density at radius 2 is 2.07 bits per heavy atom. The summed E-state index contributed by atoms with van der Waals surface area (Å²) in [5.74, 6) is -0.853. The second-order valence-electron chi connectivity index (χ2n) is 7.36. The lowest BCUT2D eigenvalue weighted by molar-refractivity contribution is -0.172. The summed E-state index contributed by atoms with van der Waals surface area (Å²) in [6.45, 7) is 3.40. The number of hydroxylamine groups is 3. The Morgan fingerprint density at radius 1 is 1.21 bits per heavy atom. The molecular weight excluding hydrogens is 368 g/mol. The number of ether oxygens (including phenoxy) is 1. The number of carbonyl (C=O) groups is 3. The minimum Gasteiger partial charge on any atom is -0.464 e. The van der Waals surface area contributed by atoms with Crippen molar-refractivity contribution in [3.63, 3.8) is 0 Å². The van der Waals surface area contributed by atoms with Gasteiger partial charge >= 0.3 is 12.0 Å². The normalized spacial score (nSPS) is 27.5. The van der Waals surface area contributed by atoms with Crippen LogP contribution in [0.5, 0.6) is 0 Å². The van der Waals surface area contributed by atoms with Crippen LogP contribution in [0.25, 0.3) is 0 Å². The predicted octanol–water partition coefficient (Wildman–Crippen LogP) is 0.330. The first kappa shape index (κ1) is 20.8. The largest absolute Gasteiger partial charge is 0.464 e. The van der Waals surface area contributed by atoms with Gasteiger partial charge in [0.05, 0.1) is 19.3 Å². The maximum absolute atomic E-state index is 12.6. The Balaban J connectivity index is 1.45. The topological polar surface area (TPSA) is 109 Å². The van der Waals surface area contributed by atoms with Crippen molar-refractivity contribution in [1.29, 1.82) is 0 Å². The predicted molar refractivity (Wildman–Crippen MR) is 97.7 cm³/mol. The second-order valence-corrected chi connectivity index (χ2v) is 7.36. The van der Waals surface area contributed by atoms with Crippen LogP contribution in [0.2, 0.25) is 0 Å². The van der Waals surface area contributed by atoms with Crippen LogP contribution in [0, 0.1) is 0 Å². The molecule has 158 valence electrons. The average Bonchev–Trinajstić information content (AvgIpc) is 2.87. The van der Waals surface area contributed by atoms with Gasteiger partial charge in [0.25, 0.3) is 5.91 Å². The minimum absolute atomic E-state index is 0.165. The van der Waals surface area contributed by atoms with E-state index < -0.39 is 18.0 Å². The number of hydrogen-bond acceptors (Lipinski definition) is 7. The van der Waals surface area contributed by atoms with Gasteiger partial charge in [0, 0.05) is 12.6 Å². The minimum atomic E-state index is -0.595. The molecule has 0 spiro atoms. The summed E-state index contributed by atoms with van der Waals surface area (Å²) in [6, 6.07) is -0.930. The maximum Gasteiger partial charge on any atom is 0.345 e. The lowest BCUT2D eigenvalue weighted by atomic mass is 10.0. The Labute approximate surface area is 164 Å². The molecule has 0 aromatic heterocycles. The van der Waals surface area contributed by atoms with E-state index in [4.69, 9.17) is 14.4 Å². The third-order valence-electron chi connectivity index (χ3n) is 5.37. The van der Waals surface area contributed by atoms with Crippen molar-refractivity contribution in [1.82, 2.24) is 20.8 Å². The van der Waals surface area contributed by atoms with Crippen molar-refractivity contribution in [2.24, 2.45) is 0 Å². The van der Waals surface area contributed by atoms with E-state index in [9.17, 15) is 14.4 Å². The molecule has 0 aromatic rings. The highest BCUT2D eigenvalue weighted by atomic mass is 16.7. The molecule has 0 aliphatic carbocycles. The molecule has 2 N–H and O–H groups in total. The Bertz CT molecular complexity index is 566. The number of nitrogens with zero attached hydrogens (tertiary/aromatic N) is 2. The fraction of sp³-hybridized carbons (Fsp3) is 0.833. The Morgan fingerprint density at radius 3 is 2.89 bits per heavy atom. The summed E-state index contributed by atoms with van der Waals surface area (Å²) in [6.07, 6.45) is 5.70. The number of esters is 1. The van der Waals surface area contributed by atoms with Crippen LogP contribution in [-0.4, -0.2) is 78.9 Å². The first-order valence-electron chi connectivity index (χ1n) is 10.1. The number of piperidine rings is 1. The number of hydrogen-bond donors (Lipinski definition) is 2. The van der Waals surface area contributed by atoms with Crippen LogP contribution in [0.1, 0.15) is 45.4 Å². The van der Waals surface area contributed by atoms with Crippen LogP contribution in [-0.2, 0) is 24.0 Å². The van der Waals surface area contributed by atoms with Crippen molar-refractivity contribution < 1.29 is 28.8 Å². The molecule has 3 amide bonds. The third-order valence-corrected chi connectivity index (χ3v) is 5.37. The maximum atomic E-state index is 12.6. The highest BCUT2D eigenvalue weighted by molar-refractivity contribution is 5.88. The molecule has 10 nitrogen and oxygen atoms in total. The Hall–Kier alpha value is -1.91. The van der Waals surface area contributed by atoms with Gasteiger partial charge in [0.1, 0.15) is 6.04 Å². The number of carbonyl (C=O) groups excluding carboxylic acids is 3. The van der Waals surface area contributed by atoms with E-state index in [2.05, 4.69) is 10.8 Å². The lowest BCUT2D eigenvalue weighted by Gasteiger charge is -2.29. The number of rotatable bonds is 8. The van der Waals surface area contributed by atoms with Crippen LogP contribution in [0.15, 0.2) is 0 Å². The SMILES string of the molecule is CCOC(=O)CON1C(=O)N2C[C@H]1CC[C@H]2C(=O)NOC[C@@H]1CCCCCN1. The molecular formula is C18H30N4O6. The van der Waals surface area contributed by atoms with Crippen molar-refractivity contribution in [3.05, 3.63) is 0 Å². The molecule has 0 saturated carbocycles. The quantitative estimate of drug-likeness (QED) is 0.448. The molecule has 3 aliphatic heterocycles. The number of amides is 3. The molecule has 10 heteroatoms. The van der Waals surface area contributed by atoms with Crippen LogP contribution in [0.3, 0.4) is 0 Å². The summed E-state index contributed by atoms with van der Waals surface area (Å²) in [5.41, 5.74) is 2.50. The number of urea groups is 1. The number of fused-ring (bicyclic) bond motifs is 2. The summed E-state index contributed by atoms with van der Waals surface area (Å²) in [7, 11) is 0. The van der Waals surface area contributed by atoms with Crippen molar-refractivity contribution >= 4 is 17.9 Å². The van der Waals surface area contributed by atoms with Crippen LogP contribution >= 0.6 is 0 Å². The zero-order valence-electron chi connectivity index (χ0n) is 16.4. The third kappa shape index (κ3) is 5.12. The smallest absolute Gasteiger partial charge is 0.345 e. The molecule has 0 aromatic carbocycles. The first-order valence-corrected chi connectivity index (χ1v) is 10.1. The molecule has 3 atom stereocenters. The van der Waals surface area contributed by atoms with E-state index in [1.807, 2.05) is 0 Å². The summed E-state index contributed by atoms with van der Waals surface area (Å²) in [4.78, 5) is 48.8. The molecule has 3 fully saturated rings. The Kier molecular flexibility index (Phi) is 7.46. The summed E-state index contributed by atoms with van der Waals surface area (Å²) < 4.78 is 4.81. The fourth-order valence-corrected chi connectivity index (χ4v) is 3.92. The lowest BCUT2D eigenvalue weighted by Crippen LogP contribution is -2.50.